The maximum absolute atomic E-state index is 5.89. The molecule has 0 aliphatic heterocycles. The summed E-state index contributed by atoms with van der Waals surface area (Å²) < 4.78 is 5.25. The minimum atomic E-state index is 0.196. The number of nitrogens with one attached hydrogen (secondary N) is 1. The summed E-state index contributed by atoms with van der Waals surface area (Å²) in [5.41, 5.74) is 11.1. The van der Waals surface area contributed by atoms with E-state index in [1.54, 1.807) is 7.11 Å². The molecule has 0 saturated heterocycles. The van der Waals surface area contributed by atoms with Crippen molar-refractivity contribution in [2.45, 2.75) is 39.8 Å². The lowest BCUT2D eigenvalue weighted by atomic mass is 9.95. The molecule has 0 aromatic heterocycles. The zero-order valence-electron chi connectivity index (χ0n) is 12.2. The molecule has 2 atom stereocenters. The average Bonchev–Trinajstić information content (AvgIpc) is 2.35. The Hall–Kier alpha value is -0.900. The van der Waals surface area contributed by atoms with Gasteiger partial charge >= 0.3 is 0 Å². The van der Waals surface area contributed by atoms with Gasteiger partial charge in [-0.05, 0) is 49.9 Å². The number of rotatable bonds is 6. The van der Waals surface area contributed by atoms with Gasteiger partial charge < -0.3 is 15.8 Å². The Morgan fingerprint density at radius 2 is 1.78 bits per heavy atom. The van der Waals surface area contributed by atoms with Crippen molar-refractivity contribution < 1.29 is 4.74 Å². The summed E-state index contributed by atoms with van der Waals surface area (Å²) in [6, 6.07) is 4.67. The first kappa shape index (κ1) is 15.2. The summed E-state index contributed by atoms with van der Waals surface area (Å²) in [5.74, 6) is 0. The second-order valence-corrected chi connectivity index (χ2v) is 5.04. The van der Waals surface area contributed by atoms with Crippen molar-refractivity contribution in [3.05, 3.63) is 34.4 Å². The molecule has 3 N–H and O–H groups in total. The van der Waals surface area contributed by atoms with E-state index in [2.05, 4.69) is 38.2 Å². The topological polar surface area (TPSA) is 47.3 Å². The van der Waals surface area contributed by atoms with Gasteiger partial charge in [0.1, 0.15) is 0 Å². The zero-order valence-corrected chi connectivity index (χ0v) is 12.2. The molecule has 3 nitrogen and oxygen atoms in total. The Labute approximate surface area is 111 Å². The number of aryl methyl sites for hydroxylation is 3. The summed E-state index contributed by atoms with van der Waals surface area (Å²) in [4.78, 5) is 0. The van der Waals surface area contributed by atoms with Crippen molar-refractivity contribution in [1.82, 2.24) is 5.32 Å². The van der Waals surface area contributed by atoms with E-state index >= 15 is 0 Å². The van der Waals surface area contributed by atoms with E-state index in [4.69, 9.17) is 10.5 Å². The first-order chi connectivity index (χ1) is 8.49. The molecular formula is C15H26N2O. The summed E-state index contributed by atoms with van der Waals surface area (Å²) in [6.45, 7) is 9.89. The molecule has 0 aliphatic rings. The highest BCUT2D eigenvalue weighted by atomic mass is 16.5. The SMILES string of the molecule is COC(C)CNC(CN)c1cc(C)c(C)cc1C. The lowest BCUT2D eigenvalue weighted by molar-refractivity contribution is 0.114. The Balaban J connectivity index is 2.85. The highest BCUT2D eigenvalue weighted by Crippen LogP contribution is 2.21. The Morgan fingerprint density at radius 3 is 2.33 bits per heavy atom. The number of methoxy groups -OCH3 is 1. The van der Waals surface area contributed by atoms with E-state index < -0.39 is 0 Å². The number of ether oxygens (including phenoxy) is 1. The fraction of sp³-hybridized carbons (Fsp3) is 0.600. The van der Waals surface area contributed by atoms with Gasteiger partial charge in [0.2, 0.25) is 0 Å². The minimum Gasteiger partial charge on any atom is -0.380 e. The van der Waals surface area contributed by atoms with Crippen molar-refractivity contribution in [3.63, 3.8) is 0 Å². The van der Waals surface area contributed by atoms with Crippen LogP contribution in [0.5, 0.6) is 0 Å². The minimum absolute atomic E-state index is 0.196. The smallest absolute Gasteiger partial charge is 0.0667 e. The van der Waals surface area contributed by atoms with Crippen LogP contribution in [0.4, 0.5) is 0 Å². The lowest BCUT2D eigenvalue weighted by Gasteiger charge is -2.22. The monoisotopic (exact) mass is 250 g/mol. The van der Waals surface area contributed by atoms with Gasteiger partial charge in [0.15, 0.2) is 0 Å². The summed E-state index contributed by atoms with van der Waals surface area (Å²) >= 11 is 0. The van der Waals surface area contributed by atoms with Gasteiger partial charge in [-0.15, -0.1) is 0 Å². The molecule has 0 radical (unpaired) electrons. The Kier molecular flexibility index (Phi) is 5.79. The van der Waals surface area contributed by atoms with Gasteiger partial charge in [-0.25, -0.2) is 0 Å². The molecule has 3 heteroatoms. The van der Waals surface area contributed by atoms with Crippen LogP contribution in [0, 0.1) is 20.8 Å². The van der Waals surface area contributed by atoms with E-state index in [0.29, 0.717) is 6.54 Å². The van der Waals surface area contributed by atoms with Gasteiger partial charge in [-0.2, -0.15) is 0 Å². The summed E-state index contributed by atoms with van der Waals surface area (Å²) in [5, 5.41) is 3.47. The van der Waals surface area contributed by atoms with Crippen molar-refractivity contribution in [2.75, 3.05) is 20.2 Å². The van der Waals surface area contributed by atoms with Crippen LogP contribution in [-0.4, -0.2) is 26.3 Å². The average molecular weight is 250 g/mol. The molecule has 0 saturated carbocycles. The van der Waals surface area contributed by atoms with Gasteiger partial charge in [-0.1, -0.05) is 12.1 Å². The van der Waals surface area contributed by atoms with Crippen molar-refractivity contribution in [2.24, 2.45) is 5.73 Å². The molecule has 0 aliphatic carbocycles. The van der Waals surface area contributed by atoms with Gasteiger partial charge in [-0.3, -0.25) is 0 Å². The van der Waals surface area contributed by atoms with E-state index in [1.165, 1.54) is 22.3 Å². The van der Waals surface area contributed by atoms with Crippen LogP contribution in [-0.2, 0) is 4.74 Å². The maximum Gasteiger partial charge on any atom is 0.0667 e. The molecule has 18 heavy (non-hydrogen) atoms. The fourth-order valence-corrected chi connectivity index (χ4v) is 2.07. The molecule has 0 heterocycles. The van der Waals surface area contributed by atoms with Crippen LogP contribution >= 0.6 is 0 Å². The van der Waals surface area contributed by atoms with Crippen molar-refractivity contribution in [3.8, 4) is 0 Å². The van der Waals surface area contributed by atoms with Gasteiger partial charge in [0.25, 0.3) is 0 Å². The standard InChI is InChI=1S/C15H26N2O/c1-10-6-12(3)14(7-11(10)2)15(8-16)17-9-13(4)18-5/h6-7,13,15,17H,8-9,16H2,1-5H3. The van der Waals surface area contributed by atoms with Gasteiger partial charge in [0, 0.05) is 26.2 Å². The molecule has 0 bridgehead atoms. The van der Waals surface area contributed by atoms with Crippen LogP contribution < -0.4 is 11.1 Å². The van der Waals surface area contributed by atoms with Crippen molar-refractivity contribution in [1.29, 1.82) is 0 Å². The number of benzene rings is 1. The second-order valence-electron chi connectivity index (χ2n) is 5.04. The van der Waals surface area contributed by atoms with Crippen LogP contribution in [0.1, 0.15) is 35.2 Å². The fourth-order valence-electron chi connectivity index (χ4n) is 2.07. The quantitative estimate of drug-likeness (QED) is 0.814. The number of nitrogens with two attached hydrogens (primary N) is 1. The molecule has 1 rings (SSSR count). The normalized spacial score (nSPS) is 14.6. The van der Waals surface area contributed by atoms with Crippen LogP contribution in [0.2, 0.25) is 0 Å². The molecule has 0 amide bonds. The third-order valence-electron chi connectivity index (χ3n) is 3.55. The van der Waals surface area contributed by atoms with Crippen LogP contribution in [0.3, 0.4) is 0 Å². The zero-order chi connectivity index (χ0) is 13.7. The van der Waals surface area contributed by atoms with E-state index in [0.717, 1.165) is 6.54 Å². The molecule has 1 aromatic rings. The number of hydrogen-bond donors (Lipinski definition) is 2. The van der Waals surface area contributed by atoms with E-state index in [-0.39, 0.29) is 12.1 Å². The molecule has 102 valence electrons. The molecule has 0 fully saturated rings. The van der Waals surface area contributed by atoms with Crippen molar-refractivity contribution >= 4 is 0 Å². The third-order valence-corrected chi connectivity index (χ3v) is 3.55. The van der Waals surface area contributed by atoms with E-state index in [9.17, 15) is 0 Å². The Morgan fingerprint density at radius 1 is 1.17 bits per heavy atom. The summed E-state index contributed by atoms with van der Waals surface area (Å²) in [6.07, 6.45) is 0.200. The number of hydrogen-bond acceptors (Lipinski definition) is 3. The van der Waals surface area contributed by atoms with Crippen LogP contribution in [0.15, 0.2) is 12.1 Å². The molecule has 2 unspecified atom stereocenters. The predicted molar refractivity (Wildman–Crippen MR) is 76.9 cm³/mol. The molecular weight excluding hydrogens is 224 g/mol. The molecule has 0 spiro atoms. The lowest BCUT2D eigenvalue weighted by Crippen LogP contribution is -2.34. The molecule has 1 aromatic carbocycles. The maximum atomic E-state index is 5.89. The summed E-state index contributed by atoms with van der Waals surface area (Å²) in [7, 11) is 1.73. The first-order valence-corrected chi connectivity index (χ1v) is 6.53. The predicted octanol–water partition coefficient (Wildman–Crippen LogP) is 2.24. The Bertz CT molecular complexity index is 390. The second kappa shape index (κ2) is 6.88. The van der Waals surface area contributed by atoms with E-state index in [1.807, 2.05) is 6.92 Å². The van der Waals surface area contributed by atoms with Crippen LogP contribution in [0.25, 0.3) is 0 Å². The first-order valence-electron chi connectivity index (χ1n) is 6.53. The third kappa shape index (κ3) is 3.80. The highest BCUT2D eigenvalue weighted by Gasteiger charge is 2.13. The van der Waals surface area contributed by atoms with Gasteiger partial charge in [0.05, 0.1) is 6.10 Å². The highest BCUT2D eigenvalue weighted by molar-refractivity contribution is 5.38. The largest absolute Gasteiger partial charge is 0.380 e.